The fraction of sp³-hybridized carbons (Fsp3) is 0.500. The Bertz CT molecular complexity index is 477. The standard InChI is InChI=1S/C16H24O2Si/c1-16(17-2,13-9-6-7-10-13)14-11-8-12-15(14)18-19(3,4)5/h6,9-12H,7-8H2,1-5H3. The first kappa shape index (κ1) is 14.3. The smallest absolute Gasteiger partial charge is 0.242 e. The highest BCUT2D eigenvalue weighted by molar-refractivity contribution is 6.70. The van der Waals surface area contributed by atoms with E-state index in [0.717, 1.165) is 18.6 Å². The molecule has 0 heterocycles. The molecule has 2 aliphatic rings. The summed E-state index contributed by atoms with van der Waals surface area (Å²) in [6.07, 6.45) is 12.9. The topological polar surface area (TPSA) is 18.5 Å². The van der Waals surface area contributed by atoms with Crippen LogP contribution in [0.1, 0.15) is 19.8 Å². The van der Waals surface area contributed by atoms with Gasteiger partial charge in [0.15, 0.2) is 0 Å². The molecule has 0 aromatic rings. The lowest BCUT2D eigenvalue weighted by atomic mass is 9.87. The molecule has 0 saturated heterocycles. The van der Waals surface area contributed by atoms with Crippen molar-refractivity contribution in [2.75, 3.05) is 7.11 Å². The Hall–Kier alpha value is -1.06. The average molecular weight is 276 g/mol. The second kappa shape index (κ2) is 5.14. The minimum Gasteiger partial charge on any atom is -0.544 e. The summed E-state index contributed by atoms with van der Waals surface area (Å²) in [5, 5.41) is 0. The summed E-state index contributed by atoms with van der Waals surface area (Å²) in [5.41, 5.74) is 2.01. The van der Waals surface area contributed by atoms with E-state index in [1.54, 1.807) is 7.11 Å². The average Bonchev–Trinajstić information content (AvgIpc) is 2.96. The van der Waals surface area contributed by atoms with Crippen molar-refractivity contribution >= 4 is 8.32 Å². The summed E-state index contributed by atoms with van der Waals surface area (Å²) >= 11 is 0. The largest absolute Gasteiger partial charge is 0.544 e. The maximum Gasteiger partial charge on any atom is 0.242 e. The van der Waals surface area contributed by atoms with Gasteiger partial charge in [-0.1, -0.05) is 24.3 Å². The van der Waals surface area contributed by atoms with E-state index in [1.807, 2.05) is 0 Å². The van der Waals surface area contributed by atoms with Gasteiger partial charge in [-0.2, -0.15) is 0 Å². The van der Waals surface area contributed by atoms with E-state index in [4.69, 9.17) is 9.16 Å². The second-order valence-corrected chi connectivity index (χ2v) is 10.6. The summed E-state index contributed by atoms with van der Waals surface area (Å²) in [4.78, 5) is 0. The zero-order chi connectivity index (χ0) is 14.1. The van der Waals surface area contributed by atoms with Crippen LogP contribution in [-0.2, 0) is 9.16 Å². The molecular weight excluding hydrogens is 252 g/mol. The lowest BCUT2D eigenvalue weighted by molar-refractivity contribution is 0.0712. The van der Waals surface area contributed by atoms with Gasteiger partial charge in [0.05, 0.1) is 0 Å². The first-order chi connectivity index (χ1) is 8.87. The second-order valence-electron chi connectivity index (χ2n) is 6.17. The van der Waals surface area contributed by atoms with Gasteiger partial charge in [-0.3, -0.25) is 0 Å². The van der Waals surface area contributed by atoms with E-state index in [0.29, 0.717) is 0 Å². The quantitative estimate of drug-likeness (QED) is 0.695. The lowest BCUT2D eigenvalue weighted by Crippen LogP contribution is -2.35. The van der Waals surface area contributed by atoms with Crippen LogP contribution in [0.4, 0.5) is 0 Å². The van der Waals surface area contributed by atoms with Crippen LogP contribution in [-0.4, -0.2) is 21.0 Å². The molecule has 0 saturated carbocycles. The molecule has 0 amide bonds. The fourth-order valence-corrected chi connectivity index (χ4v) is 3.40. The summed E-state index contributed by atoms with van der Waals surface area (Å²) < 4.78 is 12.1. The molecule has 1 atom stereocenters. The molecule has 3 heteroatoms. The zero-order valence-corrected chi connectivity index (χ0v) is 13.6. The maximum atomic E-state index is 6.22. The van der Waals surface area contributed by atoms with Crippen LogP contribution in [0, 0.1) is 0 Å². The number of allylic oxidation sites excluding steroid dienone is 4. The Balaban J connectivity index is 2.29. The predicted molar refractivity (Wildman–Crippen MR) is 82.5 cm³/mol. The van der Waals surface area contributed by atoms with Crippen LogP contribution in [0.5, 0.6) is 0 Å². The molecule has 0 N–H and O–H groups in total. The van der Waals surface area contributed by atoms with Gasteiger partial charge in [0.2, 0.25) is 8.32 Å². The Kier molecular flexibility index (Phi) is 3.88. The van der Waals surface area contributed by atoms with Gasteiger partial charge < -0.3 is 9.16 Å². The van der Waals surface area contributed by atoms with E-state index < -0.39 is 13.9 Å². The molecule has 104 valence electrons. The number of methoxy groups -OCH3 is 1. The summed E-state index contributed by atoms with van der Waals surface area (Å²) in [5.74, 6) is 1.02. The molecule has 0 aromatic carbocycles. The van der Waals surface area contributed by atoms with Gasteiger partial charge >= 0.3 is 0 Å². The van der Waals surface area contributed by atoms with Gasteiger partial charge in [0.1, 0.15) is 11.4 Å². The minimum atomic E-state index is -1.60. The van der Waals surface area contributed by atoms with Crippen LogP contribution in [0.3, 0.4) is 0 Å². The Morgan fingerprint density at radius 3 is 2.37 bits per heavy atom. The molecule has 2 nitrogen and oxygen atoms in total. The van der Waals surface area contributed by atoms with Crippen LogP contribution in [0.15, 0.2) is 47.3 Å². The monoisotopic (exact) mass is 276 g/mol. The van der Waals surface area contributed by atoms with E-state index in [-0.39, 0.29) is 0 Å². The van der Waals surface area contributed by atoms with Crippen molar-refractivity contribution in [1.82, 2.24) is 0 Å². The summed E-state index contributed by atoms with van der Waals surface area (Å²) in [6.45, 7) is 8.76. The Labute approximate surface area is 117 Å². The molecule has 0 aromatic heterocycles. The van der Waals surface area contributed by atoms with Crippen LogP contribution >= 0.6 is 0 Å². The first-order valence-electron chi connectivity index (χ1n) is 6.89. The molecule has 0 radical (unpaired) electrons. The molecule has 1 unspecified atom stereocenters. The van der Waals surface area contributed by atoms with Gasteiger partial charge in [0, 0.05) is 12.7 Å². The van der Waals surface area contributed by atoms with E-state index in [9.17, 15) is 0 Å². The third-order valence-corrected chi connectivity index (χ3v) is 4.38. The lowest BCUT2D eigenvalue weighted by Gasteiger charge is -2.34. The van der Waals surface area contributed by atoms with E-state index >= 15 is 0 Å². The van der Waals surface area contributed by atoms with Crippen LogP contribution < -0.4 is 0 Å². The summed E-state index contributed by atoms with van der Waals surface area (Å²) in [7, 11) is 0.179. The Morgan fingerprint density at radius 2 is 1.84 bits per heavy atom. The molecule has 19 heavy (non-hydrogen) atoms. The number of rotatable bonds is 5. The van der Waals surface area contributed by atoms with Crippen molar-refractivity contribution in [3.63, 3.8) is 0 Å². The first-order valence-corrected chi connectivity index (χ1v) is 10.3. The zero-order valence-electron chi connectivity index (χ0n) is 12.6. The van der Waals surface area contributed by atoms with E-state index in [2.05, 4.69) is 56.9 Å². The molecule has 2 aliphatic carbocycles. The van der Waals surface area contributed by atoms with Crippen molar-refractivity contribution in [3.8, 4) is 0 Å². The minimum absolute atomic E-state index is 0.394. The van der Waals surface area contributed by atoms with Crippen molar-refractivity contribution in [2.45, 2.75) is 45.0 Å². The van der Waals surface area contributed by atoms with Gasteiger partial charge in [0.25, 0.3) is 0 Å². The molecule has 2 rings (SSSR count). The third-order valence-electron chi connectivity index (χ3n) is 3.55. The highest BCUT2D eigenvalue weighted by Gasteiger charge is 2.37. The molecule has 0 bridgehead atoms. The number of hydrogen-bond donors (Lipinski definition) is 0. The summed E-state index contributed by atoms with van der Waals surface area (Å²) in [6, 6.07) is 0. The van der Waals surface area contributed by atoms with Crippen molar-refractivity contribution < 1.29 is 9.16 Å². The molecule has 0 spiro atoms. The highest BCUT2D eigenvalue weighted by atomic mass is 28.4. The van der Waals surface area contributed by atoms with Crippen molar-refractivity contribution in [2.24, 2.45) is 0 Å². The van der Waals surface area contributed by atoms with Crippen LogP contribution in [0.2, 0.25) is 19.6 Å². The number of ether oxygens (including phenoxy) is 1. The molecule has 0 aliphatic heterocycles. The molecule has 0 fully saturated rings. The van der Waals surface area contributed by atoms with E-state index in [1.165, 1.54) is 11.1 Å². The molecular formula is C16H24O2Si. The predicted octanol–water partition coefficient (Wildman–Crippen LogP) is 4.34. The third kappa shape index (κ3) is 2.93. The Morgan fingerprint density at radius 1 is 1.11 bits per heavy atom. The fourth-order valence-electron chi connectivity index (χ4n) is 2.55. The van der Waals surface area contributed by atoms with Gasteiger partial charge in [-0.05, 0) is 51.1 Å². The van der Waals surface area contributed by atoms with Crippen molar-refractivity contribution in [3.05, 3.63) is 47.3 Å². The van der Waals surface area contributed by atoms with Gasteiger partial charge in [-0.25, -0.2) is 0 Å². The van der Waals surface area contributed by atoms with Gasteiger partial charge in [-0.15, -0.1) is 0 Å². The SMILES string of the molecule is COC(C)(C1=CCC=C1)C1=CCC=C1O[Si](C)(C)C. The van der Waals surface area contributed by atoms with Crippen LogP contribution in [0.25, 0.3) is 0 Å². The normalized spacial score (nSPS) is 21.8. The van der Waals surface area contributed by atoms with Crippen molar-refractivity contribution in [1.29, 1.82) is 0 Å². The number of hydrogen-bond acceptors (Lipinski definition) is 2. The highest BCUT2D eigenvalue weighted by Crippen LogP contribution is 2.40. The maximum absolute atomic E-state index is 6.22.